The Hall–Kier alpha value is -3.62. The first-order valence-corrected chi connectivity index (χ1v) is 8.02. The number of methoxy groups -OCH3 is 1. The number of carbonyl (C=O) groups excluding carboxylic acids is 2. The number of ether oxygens (including phenoxy) is 2. The van der Waals surface area contributed by atoms with Crippen LogP contribution in [-0.2, 0) is 16.0 Å². The number of rotatable bonds is 7. The van der Waals surface area contributed by atoms with Crippen LogP contribution in [0.15, 0.2) is 48.5 Å². The summed E-state index contributed by atoms with van der Waals surface area (Å²) in [5.74, 6) is -0.425. The molecule has 0 aliphatic rings. The fraction of sp³-hybridized carbons (Fsp3) is 0.222. The Bertz CT molecular complexity index is 822. The highest BCUT2D eigenvalue weighted by Gasteiger charge is 2.21. The van der Waals surface area contributed by atoms with E-state index in [0.717, 1.165) is 5.56 Å². The van der Waals surface area contributed by atoms with Crippen molar-refractivity contribution in [2.24, 2.45) is 0 Å². The SMILES string of the molecule is COc1ccc(CC(=O)NNC(=O)[C@@H](C)Oc2ccccc2[N+](=O)[O-])cc1. The van der Waals surface area contributed by atoms with E-state index in [9.17, 15) is 19.7 Å². The van der Waals surface area contributed by atoms with Crippen molar-refractivity contribution in [3.05, 3.63) is 64.2 Å². The van der Waals surface area contributed by atoms with Crippen molar-refractivity contribution in [2.75, 3.05) is 7.11 Å². The quantitative estimate of drug-likeness (QED) is 0.564. The fourth-order valence-corrected chi connectivity index (χ4v) is 2.16. The van der Waals surface area contributed by atoms with Crippen LogP contribution in [0.1, 0.15) is 12.5 Å². The minimum absolute atomic E-state index is 0.0327. The summed E-state index contributed by atoms with van der Waals surface area (Å²) in [6.45, 7) is 1.42. The van der Waals surface area contributed by atoms with E-state index in [4.69, 9.17) is 9.47 Å². The topological polar surface area (TPSA) is 120 Å². The van der Waals surface area contributed by atoms with Gasteiger partial charge in [-0.25, -0.2) is 0 Å². The molecular weight excluding hydrogens is 354 g/mol. The van der Waals surface area contributed by atoms with Gasteiger partial charge in [-0.05, 0) is 30.7 Å². The lowest BCUT2D eigenvalue weighted by Gasteiger charge is -2.15. The average molecular weight is 373 g/mol. The van der Waals surface area contributed by atoms with Gasteiger partial charge >= 0.3 is 5.69 Å². The van der Waals surface area contributed by atoms with Crippen LogP contribution in [-0.4, -0.2) is 30.0 Å². The highest BCUT2D eigenvalue weighted by molar-refractivity contribution is 5.85. The second kappa shape index (κ2) is 9.18. The largest absolute Gasteiger partial charge is 0.497 e. The highest BCUT2D eigenvalue weighted by atomic mass is 16.6. The second-order valence-corrected chi connectivity index (χ2v) is 5.55. The normalized spacial score (nSPS) is 11.2. The Balaban J connectivity index is 1.85. The highest BCUT2D eigenvalue weighted by Crippen LogP contribution is 2.26. The number of hydrogen-bond donors (Lipinski definition) is 2. The first-order chi connectivity index (χ1) is 12.9. The molecule has 0 unspecified atom stereocenters. The average Bonchev–Trinajstić information content (AvgIpc) is 2.67. The van der Waals surface area contributed by atoms with Crippen molar-refractivity contribution in [1.82, 2.24) is 10.9 Å². The third-order valence-electron chi connectivity index (χ3n) is 3.58. The summed E-state index contributed by atoms with van der Waals surface area (Å²) < 4.78 is 10.4. The molecule has 0 heterocycles. The molecule has 1 atom stereocenters. The van der Waals surface area contributed by atoms with Gasteiger partial charge in [0.05, 0.1) is 18.5 Å². The molecule has 0 saturated carbocycles. The molecule has 0 aromatic heterocycles. The molecule has 9 heteroatoms. The summed E-state index contributed by atoms with van der Waals surface area (Å²) >= 11 is 0. The predicted octanol–water partition coefficient (Wildman–Crippen LogP) is 1.76. The summed E-state index contributed by atoms with van der Waals surface area (Å²) in [7, 11) is 1.55. The van der Waals surface area contributed by atoms with Gasteiger partial charge in [0.15, 0.2) is 11.9 Å². The molecule has 2 aromatic rings. The van der Waals surface area contributed by atoms with Crippen LogP contribution in [0.4, 0.5) is 5.69 Å². The van der Waals surface area contributed by atoms with Crippen molar-refractivity contribution in [2.45, 2.75) is 19.4 Å². The third kappa shape index (κ3) is 5.70. The Morgan fingerprint density at radius 2 is 1.78 bits per heavy atom. The fourth-order valence-electron chi connectivity index (χ4n) is 2.16. The van der Waals surface area contributed by atoms with Crippen LogP contribution in [0.3, 0.4) is 0 Å². The van der Waals surface area contributed by atoms with Gasteiger partial charge in [0.1, 0.15) is 5.75 Å². The summed E-state index contributed by atoms with van der Waals surface area (Å²) in [6.07, 6.45) is -0.990. The van der Waals surface area contributed by atoms with Crippen LogP contribution in [0.25, 0.3) is 0 Å². The molecule has 2 N–H and O–H groups in total. The smallest absolute Gasteiger partial charge is 0.310 e. The number of carbonyl (C=O) groups is 2. The standard InChI is InChI=1S/C18H19N3O6/c1-12(27-16-6-4-3-5-15(16)21(24)25)18(23)20-19-17(22)11-13-7-9-14(26-2)10-8-13/h3-10,12H,11H2,1-2H3,(H,19,22)(H,20,23)/t12-/m1/s1. The summed E-state index contributed by atoms with van der Waals surface area (Å²) in [4.78, 5) is 34.3. The summed E-state index contributed by atoms with van der Waals surface area (Å²) in [6, 6.07) is 12.6. The zero-order chi connectivity index (χ0) is 19.8. The number of hydrogen-bond acceptors (Lipinski definition) is 6. The maximum atomic E-state index is 12.0. The van der Waals surface area contributed by atoms with Crippen LogP contribution >= 0.6 is 0 Å². The predicted molar refractivity (Wildman–Crippen MR) is 96.2 cm³/mol. The Morgan fingerprint density at radius 3 is 2.41 bits per heavy atom. The van der Waals surface area contributed by atoms with E-state index in [1.54, 1.807) is 37.4 Å². The van der Waals surface area contributed by atoms with Crippen LogP contribution in [0.5, 0.6) is 11.5 Å². The molecule has 0 fully saturated rings. The summed E-state index contributed by atoms with van der Waals surface area (Å²) in [5, 5.41) is 11.0. The monoisotopic (exact) mass is 373 g/mol. The third-order valence-corrected chi connectivity index (χ3v) is 3.58. The molecule has 0 spiro atoms. The summed E-state index contributed by atoms with van der Waals surface area (Å²) in [5.41, 5.74) is 5.01. The minimum Gasteiger partial charge on any atom is -0.497 e. The lowest BCUT2D eigenvalue weighted by molar-refractivity contribution is -0.386. The number of benzene rings is 2. The van der Waals surface area contributed by atoms with Gasteiger partial charge in [0.25, 0.3) is 5.91 Å². The van der Waals surface area contributed by atoms with Crippen LogP contribution < -0.4 is 20.3 Å². The molecule has 0 bridgehead atoms. The van der Waals surface area contributed by atoms with E-state index in [1.807, 2.05) is 0 Å². The Morgan fingerprint density at radius 1 is 1.11 bits per heavy atom. The molecule has 0 saturated heterocycles. The van der Waals surface area contributed by atoms with E-state index >= 15 is 0 Å². The molecule has 2 amide bonds. The molecule has 27 heavy (non-hydrogen) atoms. The molecule has 2 aromatic carbocycles. The van der Waals surface area contributed by atoms with Gasteiger partial charge < -0.3 is 9.47 Å². The second-order valence-electron chi connectivity index (χ2n) is 5.55. The zero-order valence-electron chi connectivity index (χ0n) is 14.8. The molecule has 9 nitrogen and oxygen atoms in total. The lowest BCUT2D eigenvalue weighted by Crippen LogP contribution is -2.47. The number of nitrogens with zero attached hydrogens (tertiary/aromatic N) is 1. The first kappa shape index (κ1) is 19.7. The van der Waals surface area contributed by atoms with E-state index in [-0.39, 0.29) is 17.9 Å². The van der Waals surface area contributed by atoms with Gasteiger partial charge in [0.2, 0.25) is 5.91 Å². The maximum Gasteiger partial charge on any atom is 0.310 e. The van der Waals surface area contributed by atoms with Gasteiger partial charge in [-0.3, -0.25) is 30.6 Å². The zero-order valence-corrected chi connectivity index (χ0v) is 14.8. The molecule has 0 aliphatic heterocycles. The Kier molecular flexibility index (Phi) is 6.70. The minimum atomic E-state index is -1.05. The van der Waals surface area contributed by atoms with Crippen molar-refractivity contribution in [3.8, 4) is 11.5 Å². The molecule has 0 aliphatic carbocycles. The number of amides is 2. The van der Waals surface area contributed by atoms with Crippen molar-refractivity contribution in [1.29, 1.82) is 0 Å². The molecule has 2 rings (SSSR count). The lowest BCUT2D eigenvalue weighted by atomic mass is 10.1. The number of nitrogens with one attached hydrogen (secondary N) is 2. The van der Waals surface area contributed by atoms with Gasteiger partial charge in [-0.2, -0.15) is 0 Å². The van der Waals surface area contributed by atoms with Gasteiger partial charge in [-0.1, -0.05) is 24.3 Å². The number of nitro groups is 1. The Labute approximate surface area is 155 Å². The van der Waals surface area contributed by atoms with Crippen LogP contribution in [0.2, 0.25) is 0 Å². The van der Waals surface area contributed by atoms with Gasteiger partial charge in [0, 0.05) is 6.07 Å². The van der Waals surface area contributed by atoms with Crippen molar-refractivity contribution >= 4 is 17.5 Å². The van der Waals surface area contributed by atoms with E-state index < -0.39 is 22.8 Å². The van der Waals surface area contributed by atoms with Crippen LogP contribution in [0, 0.1) is 10.1 Å². The van der Waals surface area contributed by atoms with E-state index in [1.165, 1.54) is 25.1 Å². The van der Waals surface area contributed by atoms with E-state index in [2.05, 4.69) is 10.9 Å². The number of nitro benzene ring substituents is 1. The first-order valence-electron chi connectivity index (χ1n) is 8.02. The van der Waals surface area contributed by atoms with Gasteiger partial charge in [-0.15, -0.1) is 0 Å². The van der Waals surface area contributed by atoms with Crippen molar-refractivity contribution in [3.63, 3.8) is 0 Å². The van der Waals surface area contributed by atoms with E-state index in [0.29, 0.717) is 5.75 Å². The molecular formula is C18H19N3O6. The van der Waals surface area contributed by atoms with Crippen molar-refractivity contribution < 1.29 is 24.0 Å². The number of hydrazine groups is 1. The maximum absolute atomic E-state index is 12.0. The molecule has 0 radical (unpaired) electrons. The molecule has 142 valence electrons. The number of para-hydroxylation sites is 2.